The van der Waals surface area contributed by atoms with Crippen molar-refractivity contribution in [2.45, 2.75) is 13.8 Å². The molecule has 2 aromatic heterocycles. The van der Waals surface area contributed by atoms with Gasteiger partial charge in [0.05, 0.1) is 11.2 Å². The van der Waals surface area contributed by atoms with Crippen molar-refractivity contribution in [3.63, 3.8) is 0 Å². The highest BCUT2D eigenvalue weighted by atomic mass is 16.1. The van der Waals surface area contributed by atoms with E-state index in [1.54, 1.807) is 18.5 Å². The second-order valence-corrected chi connectivity index (χ2v) is 6.49. The van der Waals surface area contributed by atoms with Crippen molar-refractivity contribution in [2.24, 2.45) is 0 Å². The maximum absolute atomic E-state index is 12.7. The predicted octanol–water partition coefficient (Wildman–Crippen LogP) is 4.64. The van der Waals surface area contributed by atoms with Crippen molar-refractivity contribution in [3.05, 3.63) is 83.8 Å². The summed E-state index contributed by atoms with van der Waals surface area (Å²) in [5.74, 6) is 0.0613. The molecule has 0 spiro atoms. The first-order chi connectivity index (χ1) is 13.6. The Morgan fingerprint density at radius 3 is 2.43 bits per heavy atom. The van der Waals surface area contributed by atoms with E-state index in [4.69, 9.17) is 0 Å². The van der Waals surface area contributed by atoms with Gasteiger partial charge in [0, 0.05) is 23.5 Å². The van der Waals surface area contributed by atoms with Crippen LogP contribution in [0, 0.1) is 13.8 Å². The number of hydrogen-bond acceptors (Lipinski definition) is 5. The molecule has 28 heavy (non-hydrogen) atoms. The summed E-state index contributed by atoms with van der Waals surface area (Å²) in [4.78, 5) is 25.7. The highest BCUT2D eigenvalue weighted by Crippen LogP contribution is 2.23. The molecular formula is C22H19N5O. The Kier molecular flexibility index (Phi) is 4.68. The molecule has 6 nitrogen and oxygen atoms in total. The molecule has 0 aliphatic rings. The fourth-order valence-corrected chi connectivity index (χ4v) is 3.06. The lowest BCUT2D eigenvalue weighted by atomic mass is 10.1. The first kappa shape index (κ1) is 17.6. The van der Waals surface area contributed by atoms with Crippen molar-refractivity contribution >= 4 is 34.1 Å². The van der Waals surface area contributed by atoms with Crippen LogP contribution in [-0.2, 0) is 0 Å². The van der Waals surface area contributed by atoms with Crippen LogP contribution in [0.1, 0.15) is 21.6 Å². The standard InChI is InChI=1S/C22H19N5O/c1-14-6-3-7-15(2)19(14)27-22-24-13-11-18(26-22)21(28)25-17-10-4-8-16-9-5-12-23-20(16)17/h3-13H,1-2H3,(H,25,28)(H,24,26,27). The number of hydrogen-bond donors (Lipinski definition) is 2. The number of nitrogens with one attached hydrogen (secondary N) is 2. The van der Waals surface area contributed by atoms with Gasteiger partial charge >= 0.3 is 0 Å². The summed E-state index contributed by atoms with van der Waals surface area (Å²) in [6.45, 7) is 4.03. The second kappa shape index (κ2) is 7.44. The van der Waals surface area contributed by atoms with Gasteiger partial charge in [0.2, 0.25) is 5.95 Å². The summed E-state index contributed by atoms with van der Waals surface area (Å²) in [5.41, 5.74) is 4.77. The van der Waals surface area contributed by atoms with Gasteiger partial charge in [-0.25, -0.2) is 9.97 Å². The van der Waals surface area contributed by atoms with Crippen molar-refractivity contribution in [2.75, 3.05) is 10.6 Å². The zero-order valence-corrected chi connectivity index (χ0v) is 15.6. The van der Waals surface area contributed by atoms with E-state index in [0.29, 0.717) is 11.6 Å². The molecule has 1 amide bonds. The van der Waals surface area contributed by atoms with Gasteiger partial charge < -0.3 is 10.6 Å². The number of aryl methyl sites for hydroxylation is 2. The third-order valence-electron chi connectivity index (χ3n) is 4.49. The highest BCUT2D eigenvalue weighted by molar-refractivity contribution is 6.07. The van der Waals surface area contributed by atoms with Crippen LogP contribution in [-0.4, -0.2) is 20.9 Å². The van der Waals surface area contributed by atoms with E-state index in [9.17, 15) is 4.79 Å². The molecule has 0 radical (unpaired) electrons. The lowest BCUT2D eigenvalue weighted by molar-refractivity contribution is 0.102. The Balaban J connectivity index is 1.59. The molecule has 0 saturated heterocycles. The first-order valence-corrected chi connectivity index (χ1v) is 8.93. The van der Waals surface area contributed by atoms with E-state index < -0.39 is 0 Å². The number of pyridine rings is 1. The van der Waals surface area contributed by atoms with Crippen LogP contribution in [0.5, 0.6) is 0 Å². The summed E-state index contributed by atoms with van der Waals surface area (Å²) in [6, 6.07) is 17.1. The van der Waals surface area contributed by atoms with Gasteiger partial charge in [0.25, 0.3) is 5.91 Å². The quantitative estimate of drug-likeness (QED) is 0.548. The second-order valence-electron chi connectivity index (χ2n) is 6.49. The minimum atomic E-state index is -0.315. The molecule has 0 bridgehead atoms. The van der Waals surface area contributed by atoms with Gasteiger partial charge in [-0.3, -0.25) is 9.78 Å². The Morgan fingerprint density at radius 1 is 0.857 bits per heavy atom. The molecule has 0 aliphatic heterocycles. The zero-order valence-electron chi connectivity index (χ0n) is 15.6. The largest absolute Gasteiger partial charge is 0.324 e. The molecule has 0 atom stereocenters. The topological polar surface area (TPSA) is 79.8 Å². The van der Waals surface area contributed by atoms with Crippen molar-refractivity contribution < 1.29 is 4.79 Å². The fourth-order valence-electron chi connectivity index (χ4n) is 3.06. The molecule has 2 heterocycles. The first-order valence-electron chi connectivity index (χ1n) is 8.93. The number of amides is 1. The van der Waals surface area contributed by atoms with E-state index in [2.05, 4.69) is 25.6 Å². The summed E-state index contributed by atoms with van der Waals surface area (Å²) in [5, 5.41) is 7.07. The zero-order chi connectivity index (χ0) is 19.5. The van der Waals surface area contributed by atoms with Gasteiger partial charge in [0.1, 0.15) is 5.69 Å². The lowest BCUT2D eigenvalue weighted by Gasteiger charge is -2.12. The molecular weight excluding hydrogens is 350 g/mol. The van der Waals surface area contributed by atoms with E-state index in [1.807, 2.05) is 62.4 Å². The van der Waals surface area contributed by atoms with Gasteiger partial charge in [-0.2, -0.15) is 0 Å². The smallest absolute Gasteiger partial charge is 0.274 e. The molecule has 2 aromatic carbocycles. The summed E-state index contributed by atoms with van der Waals surface area (Å²) in [7, 11) is 0. The lowest BCUT2D eigenvalue weighted by Crippen LogP contribution is -2.15. The third-order valence-corrected chi connectivity index (χ3v) is 4.49. The van der Waals surface area contributed by atoms with Crippen LogP contribution < -0.4 is 10.6 Å². The number of para-hydroxylation sites is 2. The molecule has 4 rings (SSSR count). The van der Waals surface area contributed by atoms with E-state index in [0.717, 1.165) is 27.7 Å². The average Bonchev–Trinajstić information content (AvgIpc) is 2.71. The fraction of sp³-hybridized carbons (Fsp3) is 0.0909. The van der Waals surface area contributed by atoms with Gasteiger partial charge in [0.15, 0.2) is 0 Å². The molecule has 0 unspecified atom stereocenters. The molecule has 6 heteroatoms. The molecule has 0 aliphatic carbocycles. The van der Waals surface area contributed by atoms with Crippen LogP contribution in [0.4, 0.5) is 17.3 Å². The highest BCUT2D eigenvalue weighted by Gasteiger charge is 2.12. The number of fused-ring (bicyclic) bond motifs is 1. The molecule has 0 saturated carbocycles. The monoisotopic (exact) mass is 369 g/mol. The number of rotatable bonds is 4. The molecule has 4 aromatic rings. The number of benzene rings is 2. The van der Waals surface area contributed by atoms with Crippen molar-refractivity contribution in [3.8, 4) is 0 Å². The van der Waals surface area contributed by atoms with Gasteiger partial charge in [-0.15, -0.1) is 0 Å². The van der Waals surface area contributed by atoms with Crippen LogP contribution in [0.25, 0.3) is 10.9 Å². The molecule has 138 valence electrons. The Bertz CT molecular complexity index is 1150. The molecule has 0 fully saturated rings. The summed E-state index contributed by atoms with van der Waals surface area (Å²) >= 11 is 0. The number of carbonyl (C=O) groups is 1. The number of aromatic nitrogens is 3. The van der Waals surface area contributed by atoms with Gasteiger partial charge in [-0.05, 0) is 43.2 Å². The Hall–Kier alpha value is -3.80. The number of carbonyl (C=O) groups excluding carboxylic acids is 1. The maximum atomic E-state index is 12.7. The Labute approximate surface area is 162 Å². The maximum Gasteiger partial charge on any atom is 0.274 e. The van der Waals surface area contributed by atoms with Crippen molar-refractivity contribution in [1.29, 1.82) is 0 Å². The number of nitrogens with zero attached hydrogens (tertiary/aromatic N) is 3. The van der Waals surface area contributed by atoms with Crippen LogP contribution in [0.3, 0.4) is 0 Å². The normalized spacial score (nSPS) is 10.6. The van der Waals surface area contributed by atoms with Crippen LogP contribution in [0.2, 0.25) is 0 Å². The minimum Gasteiger partial charge on any atom is -0.324 e. The van der Waals surface area contributed by atoms with E-state index >= 15 is 0 Å². The molecule has 2 N–H and O–H groups in total. The van der Waals surface area contributed by atoms with Crippen LogP contribution in [0.15, 0.2) is 67.0 Å². The SMILES string of the molecule is Cc1cccc(C)c1Nc1nccc(C(=O)Nc2cccc3cccnc23)n1. The third kappa shape index (κ3) is 3.53. The van der Waals surface area contributed by atoms with Gasteiger partial charge in [-0.1, -0.05) is 36.4 Å². The minimum absolute atomic E-state index is 0.275. The summed E-state index contributed by atoms with van der Waals surface area (Å²) < 4.78 is 0. The van der Waals surface area contributed by atoms with E-state index in [1.165, 1.54) is 0 Å². The Morgan fingerprint density at radius 2 is 1.61 bits per heavy atom. The van der Waals surface area contributed by atoms with Crippen LogP contribution >= 0.6 is 0 Å². The van der Waals surface area contributed by atoms with Crippen molar-refractivity contribution in [1.82, 2.24) is 15.0 Å². The summed E-state index contributed by atoms with van der Waals surface area (Å²) in [6.07, 6.45) is 3.27. The average molecular weight is 369 g/mol. The van der Waals surface area contributed by atoms with E-state index in [-0.39, 0.29) is 11.6 Å². The predicted molar refractivity (Wildman–Crippen MR) is 111 cm³/mol. The number of anilines is 3.